The molecule has 0 unspecified atom stereocenters. The van der Waals surface area contributed by atoms with Crippen LogP contribution in [-0.4, -0.2) is 17.4 Å². The highest BCUT2D eigenvalue weighted by Crippen LogP contribution is 2.26. The molecule has 21 heavy (non-hydrogen) atoms. The van der Waals surface area contributed by atoms with Crippen molar-refractivity contribution in [2.24, 2.45) is 5.73 Å². The number of amides is 1. The van der Waals surface area contributed by atoms with Crippen LogP contribution in [0.1, 0.15) is 18.4 Å². The number of rotatable bonds is 6. The summed E-state index contributed by atoms with van der Waals surface area (Å²) < 4.78 is 5.74. The molecule has 5 nitrogen and oxygen atoms in total. The number of pyridine rings is 1. The van der Waals surface area contributed by atoms with Crippen molar-refractivity contribution in [3.63, 3.8) is 0 Å². The third kappa shape index (κ3) is 4.57. The van der Waals surface area contributed by atoms with Crippen LogP contribution in [-0.2, 0) is 4.79 Å². The van der Waals surface area contributed by atoms with Crippen molar-refractivity contribution in [2.75, 3.05) is 11.9 Å². The SMILES string of the molecule is Cc1cc(NC(=O)CCCN)ccc1Oc1cccnc1. The zero-order chi connectivity index (χ0) is 15.1. The molecule has 1 heterocycles. The molecule has 0 saturated carbocycles. The van der Waals surface area contributed by atoms with Gasteiger partial charge in [-0.25, -0.2) is 0 Å². The highest BCUT2D eigenvalue weighted by atomic mass is 16.5. The first-order valence-corrected chi connectivity index (χ1v) is 6.87. The molecule has 1 aromatic heterocycles. The van der Waals surface area contributed by atoms with Gasteiger partial charge >= 0.3 is 0 Å². The lowest BCUT2D eigenvalue weighted by molar-refractivity contribution is -0.116. The van der Waals surface area contributed by atoms with E-state index in [1.165, 1.54) is 0 Å². The quantitative estimate of drug-likeness (QED) is 0.855. The van der Waals surface area contributed by atoms with E-state index >= 15 is 0 Å². The number of aryl methyl sites for hydroxylation is 1. The zero-order valence-corrected chi connectivity index (χ0v) is 12.0. The lowest BCUT2D eigenvalue weighted by Gasteiger charge is -2.11. The fraction of sp³-hybridized carbons (Fsp3) is 0.250. The third-order valence-corrected chi connectivity index (χ3v) is 2.93. The Balaban J connectivity index is 2.02. The standard InChI is InChI=1S/C16H19N3O2/c1-12-10-13(19-16(20)5-2-8-17)6-7-15(12)21-14-4-3-9-18-11-14/h3-4,6-7,9-11H,2,5,8,17H2,1H3,(H,19,20). The molecule has 0 aliphatic heterocycles. The van der Waals surface area contributed by atoms with Crippen LogP contribution in [0.25, 0.3) is 0 Å². The number of hydrogen-bond acceptors (Lipinski definition) is 4. The van der Waals surface area contributed by atoms with Crippen LogP contribution >= 0.6 is 0 Å². The van der Waals surface area contributed by atoms with Crippen LogP contribution in [0.3, 0.4) is 0 Å². The molecule has 0 atom stereocenters. The molecule has 0 fully saturated rings. The first kappa shape index (κ1) is 15.0. The van der Waals surface area contributed by atoms with Gasteiger partial charge in [-0.2, -0.15) is 0 Å². The molecule has 1 aromatic carbocycles. The zero-order valence-electron chi connectivity index (χ0n) is 12.0. The molecule has 2 rings (SSSR count). The van der Waals surface area contributed by atoms with Crippen molar-refractivity contribution in [2.45, 2.75) is 19.8 Å². The molecule has 0 spiro atoms. The Morgan fingerprint density at radius 1 is 1.38 bits per heavy atom. The molecule has 0 bridgehead atoms. The number of benzene rings is 1. The second-order valence-corrected chi connectivity index (χ2v) is 4.71. The highest BCUT2D eigenvalue weighted by molar-refractivity contribution is 5.90. The molecule has 2 aromatic rings. The van der Waals surface area contributed by atoms with Gasteiger partial charge in [-0.15, -0.1) is 0 Å². The summed E-state index contributed by atoms with van der Waals surface area (Å²) in [5.41, 5.74) is 7.08. The Labute approximate surface area is 124 Å². The van der Waals surface area contributed by atoms with Crippen molar-refractivity contribution in [3.8, 4) is 11.5 Å². The Kier molecular flexibility index (Phi) is 5.29. The van der Waals surface area contributed by atoms with Crippen molar-refractivity contribution in [1.82, 2.24) is 4.98 Å². The third-order valence-electron chi connectivity index (χ3n) is 2.93. The van der Waals surface area contributed by atoms with E-state index in [1.54, 1.807) is 12.4 Å². The Hall–Kier alpha value is -2.40. The number of nitrogens with zero attached hydrogens (tertiary/aromatic N) is 1. The summed E-state index contributed by atoms with van der Waals surface area (Å²) in [5, 5.41) is 2.85. The predicted octanol–water partition coefficient (Wildman–Crippen LogP) is 2.86. The van der Waals surface area contributed by atoms with E-state index in [9.17, 15) is 4.79 Å². The minimum absolute atomic E-state index is 0.0271. The molecule has 0 radical (unpaired) electrons. The van der Waals surface area contributed by atoms with Crippen molar-refractivity contribution >= 4 is 11.6 Å². The Bertz CT molecular complexity index is 600. The lowest BCUT2D eigenvalue weighted by atomic mass is 10.2. The predicted molar refractivity (Wildman–Crippen MR) is 82.4 cm³/mol. The van der Waals surface area contributed by atoms with E-state index in [0.717, 1.165) is 17.0 Å². The van der Waals surface area contributed by atoms with Crippen LogP contribution in [0.5, 0.6) is 11.5 Å². The number of ether oxygens (including phenoxy) is 1. The molecule has 0 aliphatic rings. The van der Waals surface area contributed by atoms with Gasteiger partial charge in [0.15, 0.2) is 0 Å². The van der Waals surface area contributed by atoms with Gasteiger partial charge in [0.05, 0.1) is 6.20 Å². The van der Waals surface area contributed by atoms with Gasteiger partial charge < -0.3 is 15.8 Å². The monoisotopic (exact) mass is 285 g/mol. The maximum atomic E-state index is 11.7. The van der Waals surface area contributed by atoms with Gasteiger partial charge in [-0.05, 0) is 55.8 Å². The van der Waals surface area contributed by atoms with Crippen LogP contribution in [0.4, 0.5) is 5.69 Å². The fourth-order valence-corrected chi connectivity index (χ4v) is 1.86. The van der Waals surface area contributed by atoms with Crippen LogP contribution in [0.2, 0.25) is 0 Å². The molecule has 110 valence electrons. The van der Waals surface area contributed by atoms with E-state index in [1.807, 2.05) is 37.3 Å². The topological polar surface area (TPSA) is 77.2 Å². The van der Waals surface area contributed by atoms with Gasteiger partial charge in [0.2, 0.25) is 5.91 Å². The van der Waals surface area contributed by atoms with Crippen LogP contribution in [0.15, 0.2) is 42.7 Å². The number of anilines is 1. The van der Waals surface area contributed by atoms with Crippen molar-refractivity contribution in [3.05, 3.63) is 48.3 Å². The van der Waals surface area contributed by atoms with E-state index in [0.29, 0.717) is 25.1 Å². The maximum Gasteiger partial charge on any atom is 0.224 e. The Morgan fingerprint density at radius 2 is 2.24 bits per heavy atom. The molecule has 5 heteroatoms. The first-order valence-electron chi connectivity index (χ1n) is 6.87. The molecule has 0 aliphatic carbocycles. The highest BCUT2D eigenvalue weighted by Gasteiger charge is 2.06. The van der Waals surface area contributed by atoms with Crippen LogP contribution < -0.4 is 15.8 Å². The summed E-state index contributed by atoms with van der Waals surface area (Å²) in [6.45, 7) is 2.45. The summed E-state index contributed by atoms with van der Waals surface area (Å²) in [5.74, 6) is 1.39. The summed E-state index contributed by atoms with van der Waals surface area (Å²) in [6.07, 6.45) is 4.47. The smallest absolute Gasteiger partial charge is 0.224 e. The summed E-state index contributed by atoms with van der Waals surface area (Å²) in [4.78, 5) is 15.7. The van der Waals surface area contributed by atoms with E-state index in [4.69, 9.17) is 10.5 Å². The maximum absolute atomic E-state index is 11.7. The van der Waals surface area contributed by atoms with Gasteiger partial charge in [-0.3, -0.25) is 9.78 Å². The molecule has 0 saturated heterocycles. The molecular weight excluding hydrogens is 266 g/mol. The molecular formula is C16H19N3O2. The van der Waals surface area contributed by atoms with Gasteiger partial charge in [0, 0.05) is 18.3 Å². The summed E-state index contributed by atoms with van der Waals surface area (Å²) >= 11 is 0. The number of carbonyl (C=O) groups excluding carboxylic acids is 1. The fourth-order valence-electron chi connectivity index (χ4n) is 1.86. The number of hydrogen-bond donors (Lipinski definition) is 2. The molecule has 3 N–H and O–H groups in total. The number of nitrogens with one attached hydrogen (secondary N) is 1. The minimum Gasteiger partial charge on any atom is -0.455 e. The van der Waals surface area contributed by atoms with Gasteiger partial charge in [0.25, 0.3) is 0 Å². The van der Waals surface area contributed by atoms with E-state index < -0.39 is 0 Å². The molecule has 1 amide bonds. The van der Waals surface area contributed by atoms with Gasteiger partial charge in [-0.1, -0.05) is 0 Å². The second-order valence-electron chi connectivity index (χ2n) is 4.71. The van der Waals surface area contributed by atoms with Crippen molar-refractivity contribution < 1.29 is 9.53 Å². The van der Waals surface area contributed by atoms with E-state index in [-0.39, 0.29) is 5.91 Å². The summed E-state index contributed by atoms with van der Waals surface area (Å²) in [6, 6.07) is 9.19. The average molecular weight is 285 g/mol. The number of aromatic nitrogens is 1. The number of nitrogens with two attached hydrogens (primary N) is 1. The second kappa shape index (κ2) is 7.40. The Morgan fingerprint density at radius 3 is 2.90 bits per heavy atom. The normalized spacial score (nSPS) is 10.2. The van der Waals surface area contributed by atoms with E-state index in [2.05, 4.69) is 10.3 Å². The van der Waals surface area contributed by atoms with Gasteiger partial charge in [0.1, 0.15) is 11.5 Å². The first-order chi connectivity index (χ1) is 10.2. The summed E-state index contributed by atoms with van der Waals surface area (Å²) in [7, 11) is 0. The largest absolute Gasteiger partial charge is 0.455 e. The lowest BCUT2D eigenvalue weighted by Crippen LogP contribution is -2.13. The number of carbonyl (C=O) groups is 1. The minimum atomic E-state index is -0.0271. The van der Waals surface area contributed by atoms with Crippen molar-refractivity contribution in [1.29, 1.82) is 0 Å². The average Bonchev–Trinajstić information content (AvgIpc) is 2.49. The van der Waals surface area contributed by atoms with Crippen LogP contribution in [0, 0.1) is 6.92 Å².